The van der Waals surface area contributed by atoms with E-state index in [1.807, 2.05) is 50.2 Å². The number of rotatable bonds is 7. The van der Waals surface area contributed by atoms with Crippen LogP contribution in [0.2, 0.25) is 5.02 Å². The number of halogens is 2. The van der Waals surface area contributed by atoms with Crippen molar-refractivity contribution in [2.75, 3.05) is 13.2 Å². The van der Waals surface area contributed by atoms with Gasteiger partial charge >= 0.3 is 0 Å². The first-order valence-electron chi connectivity index (χ1n) is 8.70. The van der Waals surface area contributed by atoms with Crippen molar-refractivity contribution >= 4 is 24.0 Å². The van der Waals surface area contributed by atoms with Crippen LogP contribution in [0.4, 0.5) is 0 Å². The summed E-state index contributed by atoms with van der Waals surface area (Å²) in [6, 6.07) is 17.1. The van der Waals surface area contributed by atoms with Crippen molar-refractivity contribution in [2.24, 2.45) is 0 Å². The van der Waals surface area contributed by atoms with Crippen molar-refractivity contribution < 1.29 is 9.84 Å². The molecule has 0 aliphatic rings. The Morgan fingerprint density at radius 1 is 1.18 bits per heavy atom. The standard InChI is InChI=1S/C22H23ClN2O2.ClH/c1-22(2,13-7-10-17-8-4-3-5-9-17)25-15-18(26)16-27-21-12-6-11-20(23)19(21)14-24;/h3-6,8-9,11-12,18,25-26H,10,15-16H2,1-2H3;1H/t18-;/m1./s1. The third-order valence-corrected chi connectivity index (χ3v) is 4.15. The van der Waals surface area contributed by atoms with Gasteiger partial charge in [-0.15, -0.1) is 12.4 Å². The van der Waals surface area contributed by atoms with Crippen LogP contribution in [0.1, 0.15) is 25.0 Å². The number of aliphatic hydroxyl groups excluding tert-OH is 1. The molecule has 0 heterocycles. The number of hydrogen-bond donors (Lipinski definition) is 2. The highest BCUT2D eigenvalue weighted by molar-refractivity contribution is 6.31. The Labute approximate surface area is 177 Å². The lowest BCUT2D eigenvalue weighted by Crippen LogP contribution is -2.43. The normalized spacial score (nSPS) is 11.4. The van der Waals surface area contributed by atoms with Gasteiger partial charge in [0.1, 0.15) is 30.1 Å². The lowest BCUT2D eigenvalue weighted by atomic mass is 10.0. The third-order valence-electron chi connectivity index (χ3n) is 3.83. The summed E-state index contributed by atoms with van der Waals surface area (Å²) in [4.78, 5) is 0. The third kappa shape index (κ3) is 7.80. The van der Waals surface area contributed by atoms with E-state index in [2.05, 4.69) is 17.2 Å². The Kier molecular flexibility index (Phi) is 9.87. The van der Waals surface area contributed by atoms with E-state index in [0.29, 0.717) is 23.7 Å². The summed E-state index contributed by atoms with van der Waals surface area (Å²) in [6.07, 6.45) is -0.0609. The smallest absolute Gasteiger partial charge is 0.138 e. The van der Waals surface area contributed by atoms with Gasteiger partial charge in [-0.05, 0) is 31.5 Å². The molecule has 0 aromatic heterocycles. The monoisotopic (exact) mass is 418 g/mol. The summed E-state index contributed by atoms with van der Waals surface area (Å²) in [5, 5.41) is 22.9. The maximum absolute atomic E-state index is 10.2. The lowest BCUT2D eigenvalue weighted by molar-refractivity contribution is 0.102. The topological polar surface area (TPSA) is 65.3 Å². The number of nitrogens with zero attached hydrogens (tertiary/aromatic N) is 1. The number of hydrogen-bond acceptors (Lipinski definition) is 4. The van der Waals surface area contributed by atoms with Gasteiger partial charge in [0, 0.05) is 13.0 Å². The molecule has 0 aliphatic heterocycles. The minimum atomic E-state index is -0.745. The molecule has 2 N–H and O–H groups in total. The molecule has 0 saturated heterocycles. The molecule has 2 aromatic carbocycles. The Morgan fingerprint density at radius 3 is 2.57 bits per heavy atom. The zero-order chi connectivity index (χ0) is 19.7. The van der Waals surface area contributed by atoms with Crippen LogP contribution < -0.4 is 10.1 Å². The number of β-amino-alcohol motifs (C(OH)–C–C–N with tert-alkyl or cyclic N) is 1. The van der Waals surface area contributed by atoms with Crippen molar-refractivity contribution in [1.82, 2.24) is 5.32 Å². The van der Waals surface area contributed by atoms with Crippen LogP contribution >= 0.6 is 24.0 Å². The maximum atomic E-state index is 10.2. The Balaban J connectivity index is 0.00000392. The van der Waals surface area contributed by atoms with E-state index in [1.54, 1.807) is 18.2 Å². The summed E-state index contributed by atoms with van der Waals surface area (Å²) in [5.41, 5.74) is 0.999. The molecule has 0 amide bonds. The van der Waals surface area contributed by atoms with Crippen LogP contribution in [0.5, 0.6) is 5.75 Å². The van der Waals surface area contributed by atoms with Gasteiger partial charge in [0.05, 0.1) is 10.6 Å². The van der Waals surface area contributed by atoms with E-state index in [0.717, 1.165) is 0 Å². The molecule has 0 bridgehead atoms. The molecule has 148 valence electrons. The van der Waals surface area contributed by atoms with Crippen molar-refractivity contribution in [3.63, 3.8) is 0 Å². The van der Waals surface area contributed by atoms with Gasteiger partial charge in [-0.2, -0.15) is 5.26 Å². The predicted molar refractivity (Wildman–Crippen MR) is 115 cm³/mol. The van der Waals surface area contributed by atoms with Crippen LogP contribution in [0, 0.1) is 23.2 Å². The summed E-state index contributed by atoms with van der Waals surface area (Å²) in [7, 11) is 0. The molecule has 0 aliphatic carbocycles. The molecule has 1 atom stereocenters. The molecule has 0 fully saturated rings. The van der Waals surface area contributed by atoms with Crippen LogP contribution in [0.15, 0.2) is 48.5 Å². The molecule has 0 saturated carbocycles. The Morgan fingerprint density at radius 2 is 1.89 bits per heavy atom. The van der Waals surface area contributed by atoms with Crippen molar-refractivity contribution in [1.29, 1.82) is 5.26 Å². The predicted octanol–water partition coefficient (Wildman–Crippen LogP) is 3.99. The molecule has 6 heteroatoms. The van der Waals surface area contributed by atoms with E-state index in [-0.39, 0.29) is 24.6 Å². The first-order chi connectivity index (χ1) is 12.9. The fourth-order valence-electron chi connectivity index (χ4n) is 2.36. The minimum Gasteiger partial charge on any atom is -0.489 e. The minimum absolute atomic E-state index is 0. The van der Waals surface area contributed by atoms with Crippen LogP contribution in [-0.2, 0) is 6.42 Å². The second-order valence-electron chi connectivity index (χ2n) is 6.66. The van der Waals surface area contributed by atoms with Gasteiger partial charge in [0.15, 0.2) is 0 Å². The van der Waals surface area contributed by atoms with E-state index < -0.39 is 11.6 Å². The summed E-state index contributed by atoms with van der Waals surface area (Å²) in [5.74, 6) is 6.72. The van der Waals surface area contributed by atoms with E-state index in [1.165, 1.54) is 5.56 Å². The number of nitriles is 1. The quantitative estimate of drug-likeness (QED) is 0.667. The average molecular weight is 419 g/mol. The van der Waals surface area contributed by atoms with Gasteiger partial charge in [-0.25, -0.2) is 0 Å². The zero-order valence-electron chi connectivity index (χ0n) is 15.9. The summed E-state index contributed by atoms with van der Waals surface area (Å²) in [6.45, 7) is 4.29. The summed E-state index contributed by atoms with van der Waals surface area (Å²) < 4.78 is 5.54. The molecule has 0 unspecified atom stereocenters. The number of nitrogens with one attached hydrogen (secondary N) is 1. The zero-order valence-corrected chi connectivity index (χ0v) is 17.5. The highest BCUT2D eigenvalue weighted by Crippen LogP contribution is 2.25. The number of ether oxygens (including phenoxy) is 1. The van der Waals surface area contributed by atoms with Crippen molar-refractivity contribution in [3.05, 3.63) is 64.7 Å². The van der Waals surface area contributed by atoms with Crippen LogP contribution in [0.25, 0.3) is 0 Å². The van der Waals surface area contributed by atoms with Gasteiger partial charge < -0.3 is 9.84 Å². The molecule has 28 heavy (non-hydrogen) atoms. The molecular weight excluding hydrogens is 395 g/mol. The second-order valence-corrected chi connectivity index (χ2v) is 7.07. The molecule has 2 aromatic rings. The van der Waals surface area contributed by atoms with E-state index in [4.69, 9.17) is 21.6 Å². The molecule has 0 spiro atoms. The Bertz CT molecular complexity index is 852. The molecule has 2 rings (SSSR count). The van der Waals surface area contributed by atoms with Gasteiger partial charge in [-0.3, -0.25) is 5.32 Å². The first-order valence-corrected chi connectivity index (χ1v) is 9.07. The van der Waals surface area contributed by atoms with Gasteiger partial charge in [0.25, 0.3) is 0 Å². The number of aliphatic hydroxyl groups is 1. The largest absolute Gasteiger partial charge is 0.489 e. The highest BCUT2D eigenvalue weighted by Gasteiger charge is 2.16. The lowest BCUT2D eigenvalue weighted by Gasteiger charge is -2.22. The van der Waals surface area contributed by atoms with Crippen molar-refractivity contribution in [3.8, 4) is 23.7 Å². The van der Waals surface area contributed by atoms with E-state index in [9.17, 15) is 5.11 Å². The fourth-order valence-corrected chi connectivity index (χ4v) is 2.57. The van der Waals surface area contributed by atoms with Crippen LogP contribution in [0.3, 0.4) is 0 Å². The SMILES string of the molecule is CC(C)(C#CCc1ccccc1)NC[C@@H](O)COc1cccc(Cl)c1C#N.Cl. The molecule has 0 radical (unpaired) electrons. The maximum Gasteiger partial charge on any atom is 0.138 e. The van der Waals surface area contributed by atoms with Gasteiger partial charge in [-0.1, -0.05) is 59.8 Å². The first kappa shape index (κ1) is 23.8. The van der Waals surface area contributed by atoms with E-state index >= 15 is 0 Å². The molecular formula is C22H24Cl2N2O2. The average Bonchev–Trinajstić information content (AvgIpc) is 2.65. The fraction of sp³-hybridized carbons (Fsp3) is 0.318. The number of benzene rings is 2. The Hall–Kier alpha value is -2.21. The highest BCUT2D eigenvalue weighted by atomic mass is 35.5. The van der Waals surface area contributed by atoms with Crippen molar-refractivity contribution in [2.45, 2.75) is 31.9 Å². The second kappa shape index (κ2) is 11.6. The van der Waals surface area contributed by atoms with Crippen LogP contribution in [-0.4, -0.2) is 29.9 Å². The van der Waals surface area contributed by atoms with Gasteiger partial charge in [0.2, 0.25) is 0 Å². The molecule has 4 nitrogen and oxygen atoms in total. The summed E-state index contributed by atoms with van der Waals surface area (Å²) >= 11 is 5.97.